The van der Waals surface area contributed by atoms with E-state index in [1.54, 1.807) is 0 Å². The fraction of sp³-hybridized carbons (Fsp3) is 0. The Labute approximate surface area is 658 Å². The Morgan fingerprint density at radius 2 is 0.607 bits per heavy atom. The minimum absolute atomic E-state index is 0.248. The third kappa shape index (κ3) is 9.92. The molecule has 0 saturated carbocycles. The molecule has 0 N–H and O–H groups in total. The molecule has 0 aliphatic carbocycles. The quantitative estimate of drug-likeness (QED) is 0.113. The number of hydrogen-bond acceptors (Lipinski definition) is 8. The third-order valence-electron chi connectivity index (χ3n) is 23.3. The lowest BCUT2D eigenvalue weighted by Gasteiger charge is -2.48. The van der Waals surface area contributed by atoms with Crippen molar-refractivity contribution in [3.05, 3.63) is 400 Å². The Kier molecular flexibility index (Phi) is 14.8. The fourth-order valence-corrected chi connectivity index (χ4v) is 21.1. The summed E-state index contributed by atoms with van der Waals surface area (Å²) in [6, 6.07) is 150. The molecule has 2 aromatic heterocycles. The molecular formula is C102H66B2N6S2. The van der Waals surface area contributed by atoms with Gasteiger partial charge in [-0.25, -0.2) is 0 Å². The van der Waals surface area contributed by atoms with Crippen LogP contribution in [0, 0.1) is 0 Å². The maximum Gasteiger partial charge on any atom is 0.252 e. The van der Waals surface area contributed by atoms with Crippen molar-refractivity contribution in [2.75, 3.05) is 29.4 Å². The van der Waals surface area contributed by atoms with E-state index in [0.29, 0.717) is 0 Å². The Morgan fingerprint density at radius 1 is 0.223 bits per heavy atom. The highest BCUT2D eigenvalue weighted by Crippen LogP contribution is 2.56. The second kappa shape index (κ2) is 25.9. The number of benzene rings is 17. The van der Waals surface area contributed by atoms with Crippen LogP contribution >= 0.6 is 22.7 Å². The molecule has 23 rings (SSSR count). The second-order valence-electron chi connectivity index (χ2n) is 29.4. The first kappa shape index (κ1) is 64.1. The van der Waals surface area contributed by atoms with Gasteiger partial charge in [0.1, 0.15) is 0 Å². The summed E-state index contributed by atoms with van der Waals surface area (Å²) < 4.78 is 5.00. The van der Waals surface area contributed by atoms with Crippen LogP contribution in [0.5, 0.6) is 0 Å². The van der Waals surface area contributed by atoms with Gasteiger partial charge >= 0.3 is 0 Å². The van der Waals surface area contributed by atoms with Crippen LogP contribution in [0.3, 0.4) is 0 Å². The minimum Gasteiger partial charge on any atom is -0.311 e. The van der Waals surface area contributed by atoms with Gasteiger partial charge in [0.25, 0.3) is 13.4 Å². The zero-order valence-corrected chi connectivity index (χ0v) is 62.4. The van der Waals surface area contributed by atoms with Crippen LogP contribution in [0.1, 0.15) is 0 Å². The molecule has 19 aromatic rings. The van der Waals surface area contributed by atoms with Crippen molar-refractivity contribution >= 4 is 212 Å². The normalized spacial score (nSPS) is 12.9. The second-order valence-corrected chi connectivity index (χ2v) is 31.5. The van der Waals surface area contributed by atoms with Gasteiger partial charge in [-0.15, -0.1) is 22.7 Å². The predicted octanol–water partition coefficient (Wildman–Crippen LogP) is 24.9. The average molecular weight is 1460 g/mol. The van der Waals surface area contributed by atoms with Crippen LogP contribution in [0.15, 0.2) is 400 Å². The topological polar surface area (TPSA) is 19.4 Å². The zero-order chi connectivity index (χ0) is 73.5. The molecule has 4 aliphatic heterocycles. The smallest absolute Gasteiger partial charge is 0.252 e. The molecule has 0 unspecified atom stereocenters. The first-order valence-electron chi connectivity index (χ1n) is 38.5. The molecule has 0 atom stereocenters. The summed E-state index contributed by atoms with van der Waals surface area (Å²) >= 11 is 3.74. The summed E-state index contributed by atoms with van der Waals surface area (Å²) in [5, 5.41) is 4.99. The van der Waals surface area contributed by atoms with E-state index in [0.717, 1.165) is 125 Å². The summed E-state index contributed by atoms with van der Waals surface area (Å²) in [7, 11) is 0. The summed E-state index contributed by atoms with van der Waals surface area (Å²) in [4.78, 5) is 15.5. The molecule has 0 fully saturated rings. The molecule has 6 nitrogen and oxygen atoms in total. The lowest BCUT2D eigenvalue weighted by molar-refractivity contribution is 1.22. The summed E-state index contributed by atoms with van der Waals surface area (Å²) in [5.74, 6) is 0. The summed E-state index contributed by atoms with van der Waals surface area (Å²) in [6.07, 6.45) is 0. The van der Waals surface area contributed by atoms with Crippen molar-refractivity contribution in [3.8, 4) is 22.3 Å². The summed E-state index contributed by atoms with van der Waals surface area (Å²) in [6.45, 7) is -0.526. The molecular weight excluding hydrogens is 1390 g/mol. The Hall–Kier alpha value is -13.9. The van der Waals surface area contributed by atoms with Crippen LogP contribution < -0.4 is 62.2 Å². The standard InChI is InChI=1S/C102H66B2N6S2/c1-7-33-67(34-8-1)75-45-19-25-52-84(75)108-90-66-91-83(65-82(90)103-80-50-23-27-54-86(80)107(72-43-17-6-18-44-72)92-61-73(62-93(108)100(92)103)105(69-37-11-3-12-38-69)70-39-13-4-14-40-70)104-81-51-24-28-55-87(81)110(88-56-32-60-98-99(88)79-48-22-30-59-97(79)111-98)95-64-74(63-94(101(95)104)109(91)85-53-26-20-46-76(85)68-35-9-2-10-36-68)106(71-41-15-5-16-42-71)89-57-31-49-78-77-47-21-29-58-96(77)112-102(78)89/h1-66H. The van der Waals surface area contributed by atoms with Gasteiger partial charge < -0.3 is 29.4 Å². The van der Waals surface area contributed by atoms with E-state index in [1.807, 2.05) is 22.7 Å². The Balaban J connectivity index is 0.881. The van der Waals surface area contributed by atoms with Crippen LogP contribution in [0.4, 0.5) is 102 Å². The maximum absolute atomic E-state index is 2.69. The van der Waals surface area contributed by atoms with E-state index in [9.17, 15) is 0 Å². The highest BCUT2D eigenvalue weighted by Gasteiger charge is 2.50. The highest BCUT2D eigenvalue weighted by molar-refractivity contribution is 7.26. The van der Waals surface area contributed by atoms with Crippen LogP contribution in [0.25, 0.3) is 62.6 Å². The zero-order valence-electron chi connectivity index (χ0n) is 60.8. The molecule has 0 spiro atoms. The minimum atomic E-state index is -0.278. The van der Waals surface area contributed by atoms with E-state index in [4.69, 9.17) is 0 Å². The highest BCUT2D eigenvalue weighted by atomic mass is 32.1. The molecule has 112 heavy (non-hydrogen) atoms. The SMILES string of the molecule is c1ccc(-c2ccccc2N2c3cc4c(cc3B3c5ccccc5N(c5ccccc5)c5cc(N(c6ccccc6)c6ccccc6)cc2c53)B2c3ccccc3N(c3cccc5sc6ccccc6c35)c3cc(N(c5ccccc5)c5cccc6c5sc5ccccc56)cc(c32)N4c2ccccc2-c2ccccc2)cc1. The van der Waals surface area contributed by atoms with E-state index in [2.05, 4.69) is 430 Å². The van der Waals surface area contributed by atoms with E-state index >= 15 is 0 Å². The van der Waals surface area contributed by atoms with E-state index in [-0.39, 0.29) is 13.4 Å². The Morgan fingerprint density at radius 3 is 1.16 bits per heavy atom. The van der Waals surface area contributed by atoms with E-state index < -0.39 is 0 Å². The van der Waals surface area contributed by atoms with Crippen LogP contribution in [-0.4, -0.2) is 13.4 Å². The number of fused-ring (bicyclic) bond motifs is 14. The first-order valence-corrected chi connectivity index (χ1v) is 40.1. The molecule has 522 valence electrons. The summed E-state index contributed by atoms with van der Waals surface area (Å²) in [5.41, 5.74) is 31.6. The molecule has 6 heterocycles. The van der Waals surface area contributed by atoms with Crippen molar-refractivity contribution in [2.24, 2.45) is 0 Å². The lowest BCUT2D eigenvalue weighted by atomic mass is 9.30. The number of para-hydroxylation sites is 8. The molecule has 0 saturated heterocycles. The van der Waals surface area contributed by atoms with Crippen molar-refractivity contribution in [1.29, 1.82) is 0 Å². The third-order valence-corrected chi connectivity index (χ3v) is 25.7. The van der Waals surface area contributed by atoms with E-state index in [1.165, 1.54) is 73.1 Å². The molecule has 17 aromatic carbocycles. The Bertz CT molecular complexity index is 6920. The molecule has 10 heteroatoms. The van der Waals surface area contributed by atoms with Gasteiger partial charge in [0, 0.05) is 115 Å². The average Bonchev–Trinajstić information content (AvgIpc) is 1.21. The predicted molar refractivity (Wildman–Crippen MR) is 481 cm³/mol. The fourth-order valence-electron chi connectivity index (χ4n) is 18.8. The molecule has 0 radical (unpaired) electrons. The van der Waals surface area contributed by atoms with Crippen molar-refractivity contribution < 1.29 is 0 Å². The van der Waals surface area contributed by atoms with Gasteiger partial charge in [0.2, 0.25) is 0 Å². The largest absolute Gasteiger partial charge is 0.311 e. The number of hydrogen-bond donors (Lipinski definition) is 0. The number of thiophene rings is 2. The van der Waals surface area contributed by atoms with Gasteiger partial charge in [0.05, 0.1) is 38.8 Å². The monoisotopic (exact) mass is 1460 g/mol. The van der Waals surface area contributed by atoms with Crippen LogP contribution in [0.2, 0.25) is 0 Å². The van der Waals surface area contributed by atoms with Gasteiger partial charge in [-0.1, -0.05) is 267 Å². The van der Waals surface area contributed by atoms with Crippen molar-refractivity contribution in [3.63, 3.8) is 0 Å². The molecule has 0 bridgehead atoms. The van der Waals surface area contributed by atoms with Crippen LogP contribution in [-0.2, 0) is 0 Å². The lowest BCUT2D eigenvalue weighted by Crippen LogP contribution is -2.65. The van der Waals surface area contributed by atoms with Gasteiger partial charge in [-0.2, -0.15) is 0 Å². The maximum atomic E-state index is 2.69. The first-order chi connectivity index (χ1) is 55.6. The van der Waals surface area contributed by atoms with Gasteiger partial charge in [0.15, 0.2) is 0 Å². The molecule has 0 amide bonds. The molecule has 4 aliphatic rings. The number of anilines is 18. The van der Waals surface area contributed by atoms with Gasteiger partial charge in [-0.3, -0.25) is 0 Å². The van der Waals surface area contributed by atoms with Crippen molar-refractivity contribution in [1.82, 2.24) is 0 Å². The van der Waals surface area contributed by atoms with Crippen molar-refractivity contribution in [2.45, 2.75) is 0 Å². The number of rotatable bonds is 12. The van der Waals surface area contributed by atoms with Gasteiger partial charge in [-0.05, 0) is 177 Å². The number of nitrogens with zero attached hydrogens (tertiary/aromatic N) is 6.